The smallest absolute Gasteiger partial charge is 0.403 e. The van der Waals surface area contributed by atoms with Gasteiger partial charge in [0, 0.05) is 0 Å². The Labute approximate surface area is 174 Å². The highest BCUT2D eigenvalue weighted by molar-refractivity contribution is 5.30. The molecule has 0 bridgehead atoms. The summed E-state index contributed by atoms with van der Waals surface area (Å²) in [4.78, 5) is 0. The van der Waals surface area contributed by atoms with Crippen LogP contribution < -0.4 is 0 Å². The van der Waals surface area contributed by atoms with Crippen molar-refractivity contribution in [3.8, 4) is 0 Å². The van der Waals surface area contributed by atoms with Gasteiger partial charge in [-0.15, -0.1) is 0 Å². The molecule has 0 radical (unpaired) electrons. The van der Waals surface area contributed by atoms with Crippen LogP contribution in [-0.4, -0.2) is 48.4 Å². The van der Waals surface area contributed by atoms with E-state index in [0.717, 1.165) is 0 Å². The number of halogens is 22. The van der Waals surface area contributed by atoms with Crippen molar-refractivity contribution in [2.45, 2.75) is 48.4 Å². The second-order valence-corrected chi connectivity index (χ2v) is 5.69. The number of allylic oxidation sites excluding steroid dienone is 2. The van der Waals surface area contributed by atoms with Gasteiger partial charge in [-0.25, -0.2) is 0 Å². The van der Waals surface area contributed by atoms with Gasteiger partial charge in [-0.2, -0.15) is 96.6 Å². The predicted molar refractivity (Wildman–Crippen MR) is 61.4 cm³/mol. The molecule has 0 amide bonds. The van der Waals surface area contributed by atoms with E-state index in [-0.39, 0.29) is 0 Å². The topological polar surface area (TPSA) is 9.23 Å². The zero-order chi connectivity index (χ0) is 29.0. The van der Waals surface area contributed by atoms with Gasteiger partial charge in [-0.05, 0) is 0 Å². The molecule has 0 unspecified atom stereocenters. The molecule has 0 fully saturated rings. The van der Waals surface area contributed by atoms with Gasteiger partial charge in [-0.1, -0.05) is 0 Å². The van der Waals surface area contributed by atoms with Crippen molar-refractivity contribution >= 4 is 0 Å². The lowest BCUT2D eigenvalue weighted by atomic mass is 10.0. The number of hydrogen-bond donors (Lipinski definition) is 0. The summed E-state index contributed by atoms with van der Waals surface area (Å²) >= 11 is 0. The fourth-order valence-electron chi connectivity index (χ4n) is 1.64. The van der Waals surface area contributed by atoms with Crippen LogP contribution in [0.2, 0.25) is 0 Å². The largest absolute Gasteiger partial charge is 0.458 e. The van der Waals surface area contributed by atoms with E-state index in [9.17, 15) is 96.6 Å². The molecule has 0 aromatic carbocycles. The Balaban J connectivity index is 7.63. The zero-order valence-corrected chi connectivity index (χ0v) is 14.7. The fraction of sp³-hybridized carbons (Fsp3) is 0.667. The molecule has 0 N–H and O–H groups in total. The minimum atomic E-state index is -7.88. The molecule has 0 atom stereocenters. The van der Waals surface area contributed by atoms with Crippen molar-refractivity contribution in [2.75, 3.05) is 0 Å². The number of rotatable bonds is 6. The monoisotopic (exact) mass is 578 g/mol. The first kappa shape index (κ1) is 32.7. The Hall–Kier alpha value is -2.26. The first-order chi connectivity index (χ1) is 14.8. The van der Waals surface area contributed by atoms with Crippen molar-refractivity contribution in [3.05, 3.63) is 23.2 Å². The number of alkyl halides is 20. The van der Waals surface area contributed by atoms with Crippen LogP contribution in [-0.2, 0) is 4.74 Å². The maximum absolute atomic E-state index is 13.5. The summed E-state index contributed by atoms with van der Waals surface area (Å²) in [5.74, 6) is -31.5. The summed E-state index contributed by atoms with van der Waals surface area (Å²) in [6.07, 6.45) is -31.0. The molecule has 0 saturated heterocycles. The highest BCUT2D eigenvalue weighted by Crippen LogP contribution is 2.56. The zero-order valence-electron chi connectivity index (χ0n) is 14.7. The van der Waals surface area contributed by atoms with E-state index in [1.165, 1.54) is 0 Å². The molecule has 0 rings (SSSR count). The first-order valence-electron chi connectivity index (χ1n) is 7.07. The number of ether oxygens (including phenoxy) is 1. The second-order valence-electron chi connectivity index (χ2n) is 5.69. The highest BCUT2D eigenvalue weighted by Gasteiger charge is 2.77. The van der Waals surface area contributed by atoms with Gasteiger partial charge < -0.3 is 4.74 Å². The normalized spacial score (nSPS) is 15.1. The summed E-state index contributed by atoms with van der Waals surface area (Å²) in [6.45, 7) is 0. The average Bonchev–Trinajstić information content (AvgIpc) is 2.48. The van der Waals surface area contributed by atoms with Crippen LogP contribution in [0.25, 0.3) is 0 Å². The molecule has 0 aliphatic heterocycles. The van der Waals surface area contributed by atoms with Gasteiger partial charge in [0.1, 0.15) is 0 Å². The molecule has 208 valence electrons. The van der Waals surface area contributed by atoms with Crippen molar-refractivity contribution in [1.29, 1.82) is 0 Å². The maximum Gasteiger partial charge on any atom is 0.458 e. The first-order valence-corrected chi connectivity index (χ1v) is 7.07. The Morgan fingerprint density at radius 3 is 0.571 bits per heavy atom. The third-order valence-corrected chi connectivity index (χ3v) is 3.25. The molecule has 0 spiro atoms. The lowest BCUT2D eigenvalue weighted by molar-refractivity contribution is -0.312. The summed E-state index contributed by atoms with van der Waals surface area (Å²) in [5.41, 5.74) is -10.9. The lowest BCUT2D eigenvalue weighted by Crippen LogP contribution is -2.51. The third-order valence-electron chi connectivity index (χ3n) is 3.25. The van der Waals surface area contributed by atoms with E-state index in [4.69, 9.17) is 0 Å². The molecule has 0 aromatic heterocycles. The standard InChI is InChI=1S/C12F22O/c13-3(1(5(15,16)9(23,24)25)6(17,18)10(26,27)28)35-4(14)2(7(19,20)11(29,30)31)8(21,22)12(32,33)34. The van der Waals surface area contributed by atoms with Crippen LogP contribution in [0.3, 0.4) is 0 Å². The van der Waals surface area contributed by atoms with Crippen molar-refractivity contribution in [1.82, 2.24) is 0 Å². The van der Waals surface area contributed by atoms with Gasteiger partial charge in [-0.3, -0.25) is 0 Å². The molecule has 0 aliphatic rings. The molecule has 35 heavy (non-hydrogen) atoms. The van der Waals surface area contributed by atoms with E-state index in [0.29, 0.717) is 0 Å². The van der Waals surface area contributed by atoms with Crippen LogP contribution in [0.15, 0.2) is 23.2 Å². The Kier molecular flexibility index (Phi) is 8.13. The van der Waals surface area contributed by atoms with Crippen molar-refractivity contribution < 1.29 is 101 Å². The summed E-state index contributed by atoms with van der Waals surface area (Å²) in [5, 5.41) is 0. The summed E-state index contributed by atoms with van der Waals surface area (Å²) in [7, 11) is 0. The molecule has 23 heteroatoms. The summed E-state index contributed by atoms with van der Waals surface area (Å²) < 4.78 is 280. The van der Waals surface area contributed by atoms with E-state index in [1.54, 1.807) is 4.74 Å². The number of hydrogen-bond acceptors (Lipinski definition) is 1. The van der Waals surface area contributed by atoms with Crippen molar-refractivity contribution in [3.63, 3.8) is 0 Å². The molecule has 0 saturated carbocycles. The minimum Gasteiger partial charge on any atom is -0.403 e. The minimum absolute atomic E-state index is 1.81. The van der Waals surface area contributed by atoms with E-state index < -0.39 is 71.6 Å². The third kappa shape index (κ3) is 5.77. The SMILES string of the molecule is FC(OC(F)=C(C(F)(F)C(F)(F)F)C(F)(F)C(F)(F)F)=C(C(F)(F)C(F)(F)F)C(F)(F)C(F)(F)F. The Bertz CT molecular complexity index is 716. The predicted octanol–water partition coefficient (Wildman–Crippen LogP) is 8.16. The van der Waals surface area contributed by atoms with E-state index >= 15 is 0 Å². The fourth-order valence-corrected chi connectivity index (χ4v) is 1.64. The van der Waals surface area contributed by atoms with Crippen LogP contribution in [0.1, 0.15) is 0 Å². The molecule has 0 aliphatic carbocycles. The van der Waals surface area contributed by atoms with Crippen LogP contribution in [0.5, 0.6) is 0 Å². The lowest BCUT2D eigenvalue weighted by Gasteiger charge is -2.30. The van der Waals surface area contributed by atoms with Gasteiger partial charge in [0.2, 0.25) is 0 Å². The average molecular weight is 578 g/mol. The van der Waals surface area contributed by atoms with E-state index in [2.05, 4.69) is 0 Å². The molecule has 0 aromatic rings. The van der Waals surface area contributed by atoms with Gasteiger partial charge >= 0.3 is 48.4 Å². The molecular formula is C12F22O. The van der Waals surface area contributed by atoms with Gasteiger partial charge in [0.25, 0.3) is 12.0 Å². The Morgan fingerprint density at radius 2 is 0.457 bits per heavy atom. The maximum atomic E-state index is 13.5. The molecular weight excluding hydrogens is 578 g/mol. The van der Waals surface area contributed by atoms with E-state index in [1.807, 2.05) is 0 Å². The van der Waals surface area contributed by atoms with Crippen LogP contribution in [0, 0.1) is 0 Å². The van der Waals surface area contributed by atoms with Gasteiger partial charge in [0.15, 0.2) is 11.1 Å². The molecule has 1 nitrogen and oxygen atoms in total. The van der Waals surface area contributed by atoms with Crippen molar-refractivity contribution in [2.24, 2.45) is 0 Å². The second kappa shape index (κ2) is 8.69. The van der Waals surface area contributed by atoms with Crippen LogP contribution in [0.4, 0.5) is 96.6 Å². The van der Waals surface area contributed by atoms with Gasteiger partial charge in [0.05, 0.1) is 0 Å². The Morgan fingerprint density at radius 1 is 0.314 bits per heavy atom. The molecule has 0 heterocycles. The van der Waals surface area contributed by atoms with Crippen LogP contribution >= 0.6 is 0 Å². The summed E-state index contributed by atoms with van der Waals surface area (Å²) in [6, 6.07) is -10.3. The quantitative estimate of drug-likeness (QED) is 0.229. The highest BCUT2D eigenvalue weighted by atomic mass is 19.4.